The number of benzene rings is 1. The van der Waals surface area contributed by atoms with E-state index in [1.807, 2.05) is 24.3 Å². The van der Waals surface area contributed by atoms with E-state index in [4.69, 9.17) is 4.74 Å². The quantitative estimate of drug-likeness (QED) is 0.786. The molecule has 1 saturated carbocycles. The van der Waals surface area contributed by atoms with E-state index in [0.717, 1.165) is 23.9 Å². The van der Waals surface area contributed by atoms with Gasteiger partial charge in [0, 0.05) is 17.6 Å². The van der Waals surface area contributed by atoms with Crippen LogP contribution in [0.25, 0.3) is 0 Å². The number of halogens is 1. The summed E-state index contributed by atoms with van der Waals surface area (Å²) in [4.78, 5) is 24.8. The Balaban J connectivity index is 1.58. The first-order valence-corrected chi connectivity index (χ1v) is 8.37. The lowest BCUT2D eigenvalue weighted by atomic mass is 10.0. The van der Waals surface area contributed by atoms with Crippen LogP contribution < -0.4 is 10.6 Å². The van der Waals surface area contributed by atoms with Gasteiger partial charge in [-0.05, 0) is 53.7 Å². The highest BCUT2D eigenvalue weighted by atomic mass is 79.9. The minimum absolute atomic E-state index is 0.0890. The van der Waals surface area contributed by atoms with Crippen molar-refractivity contribution in [3.8, 4) is 0 Å². The molecule has 1 aromatic carbocycles. The molecule has 1 aromatic rings. The first kappa shape index (κ1) is 15.5. The van der Waals surface area contributed by atoms with Crippen molar-refractivity contribution in [3.05, 3.63) is 28.7 Å². The van der Waals surface area contributed by atoms with E-state index in [2.05, 4.69) is 26.6 Å². The maximum Gasteiger partial charge on any atom is 0.240 e. The summed E-state index contributed by atoms with van der Waals surface area (Å²) in [5.41, 5.74) is -0.223. The third kappa shape index (κ3) is 3.17. The second-order valence-corrected chi connectivity index (χ2v) is 6.72. The summed E-state index contributed by atoms with van der Waals surface area (Å²) in [6, 6.07) is 7.38. The number of hydrogen-bond acceptors (Lipinski definition) is 3. The average Bonchev–Trinajstić information content (AvgIpc) is 3.17. The van der Waals surface area contributed by atoms with Crippen LogP contribution in [-0.2, 0) is 14.3 Å². The average molecular weight is 367 g/mol. The number of hydrogen-bond donors (Lipinski definition) is 2. The van der Waals surface area contributed by atoms with Crippen molar-refractivity contribution in [2.24, 2.45) is 5.41 Å². The van der Waals surface area contributed by atoms with Crippen LogP contribution in [-0.4, -0.2) is 31.1 Å². The predicted octanol–water partition coefficient (Wildman–Crippen LogP) is 2.46. The Labute approximate surface area is 137 Å². The van der Waals surface area contributed by atoms with Gasteiger partial charge in [0.15, 0.2) is 0 Å². The van der Waals surface area contributed by atoms with E-state index in [-0.39, 0.29) is 17.9 Å². The lowest BCUT2D eigenvalue weighted by molar-refractivity contribution is -0.134. The molecule has 2 fully saturated rings. The van der Waals surface area contributed by atoms with Gasteiger partial charge in [0.25, 0.3) is 0 Å². The van der Waals surface area contributed by atoms with Crippen molar-refractivity contribution in [1.29, 1.82) is 0 Å². The zero-order chi connectivity index (χ0) is 15.6. The Morgan fingerprint density at radius 3 is 2.68 bits per heavy atom. The summed E-state index contributed by atoms with van der Waals surface area (Å²) in [6.45, 7) is 1.25. The molecule has 3 rings (SSSR count). The smallest absolute Gasteiger partial charge is 0.240 e. The molecule has 0 bridgehead atoms. The number of nitrogens with one attached hydrogen (secondary N) is 2. The van der Waals surface area contributed by atoms with E-state index >= 15 is 0 Å². The van der Waals surface area contributed by atoms with Crippen LogP contribution in [0.2, 0.25) is 0 Å². The lowest BCUT2D eigenvalue weighted by Gasteiger charge is -2.17. The summed E-state index contributed by atoms with van der Waals surface area (Å²) < 4.78 is 6.29. The molecule has 1 heterocycles. The van der Waals surface area contributed by atoms with Crippen LogP contribution in [0.3, 0.4) is 0 Å². The molecule has 0 radical (unpaired) electrons. The highest BCUT2D eigenvalue weighted by Crippen LogP contribution is 2.47. The fourth-order valence-corrected chi connectivity index (χ4v) is 3.05. The van der Waals surface area contributed by atoms with Crippen LogP contribution >= 0.6 is 15.9 Å². The third-order valence-electron chi connectivity index (χ3n) is 4.26. The summed E-state index contributed by atoms with van der Waals surface area (Å²) in [6.07, 6.45) is 3.29. The van der Waals surface area contributed by atoms with Gasteiger partial charge in [-0.1, -0.05) is 12.1 Å². The Kier molecular flexibility index (Phi) is 4.49. The standard InChI is InChI=1S/C16H19BrN2O3/c17-12-5-1-2-6-13(12)19-15(21)16(7-8-16)14(20)18-10-11-4-3-9-22-11/h1-2,5-6,11H,3-4,7-10H2,(H,18,20)(H,19,21). The number of anilines is 1. The molecule has 2 aliphatic rings. The Morgan fingerprint density at radius 2 is 2.05 bits per heavy atom. The Bertz CT molecular complexity index is 581. The maximum atomic E-state index is 12.5. The second kappa shape index (κ2) is 6.38. The zero-order valence-electron chi connectivity index (χ0n) is 12.2. The van der Waals surface area contributed by atoms with E-state index in [1.54, 1.807) is 0 Å². The number of rotatable bonds is 5. The van der Waals surface area contributed by atoms with Gasteiger partial charge in [0.05, 0.1) is 11.8 Å². The first-order chi connectivity index (χ1) is 10.6. The van der Waals surface area contributed by atoms with Gasteiger partial charge >= 0.3 is 0 Å². The molecule has 2 amide bonds. The van der Waals surface area contributed by atoms with Crippen LogP contribution in [0, 0.1) is 5.41 Å². The third-order valence-corrected chi connectivity index (χ3v) is 4.95. The Morgan fingerprint density at radius 1 is 1.27 bits per heavy atom. The SMILES string of the molecule is O=C(NCC1CCCO1)C1(C(=O)Nc2ccccc2Br)CC1. The Hall–Kier alpha value is -1.40. The fraction of sp³-hybridized carbons (Fsp3) is 0.500. The van der Waals surface area contributed by atoms with Gasteiger partial charge < -0.3 is 15.4 Å². The molecule has 118 valence electrons. The molecule has 1 aliphatic heterocycles. The summed E-state index contributed by atoms with van der Waals surface area (Å²) in [7, 11) is 0. The van der Waals surface area contributed by atoms with E-state index in [0.29, 0.717) is 25.1 Å². The number of para-hydroxylation sites is 1. The van der Waals surface area contributed by atoms with Gasteiger partial charge in [-0.25, -0.2) is 0 Å². The van der Waals surface area contributed by atoms with Crippen LogP contribution in [0.5, 0.6) is 0 Å². The van der Waals surface area contributed by atoms with Crippen molar-refractivity contribution < 1.29 is 14.3 Å². The number of carbonyl (C=O) groups is 2. The monoisotopic (exact) mass is 366 g/mol. The number of ether oxygens (including phenoxy) is 1. The molecule has 1 aliphatic carbocycles. The summed E-state index contributed by atoms with van der Waals surface area (Å²) in [5.74, 6) is -0.420. The molecule has 1 atom stereocenters. The number of amides is 2. The molecule has 2 N–H and O–H groups in total. The second-order valence-electron chi connectivity index (χ2n) is 5.86. The molecule has 6 heteroatoms. The van der Waals surface area contributed by atoms with Crippen molar-refractivity contribution in [2.45, 2.75) is 31.8 Å². The minimum Gasteiger partial charge on any atom is -0.376 e. The lowest BCUT2D eigenvalue weighted by Crippen LogP contribution is -2.42. The highest BCUT2D eigenvalue weighted by Gasteiger charge is 2.56. The van der Waals surface area contributed by atoms with Crippen LogP contribution in [0.1, 0.15) is 25.7 Å². The van der Waals surface area contributed by atoms with Crippen molar-refractivity contribution >= 4 is 33.4 Å². The topological polar surface area (TPSA) is 67.4 Å². The first-order valence-electron chi connectivity index (χ1n) is 7.58. The fourth-order valence-electron chi connectivity index (χ4n) is 2.67. The predicted molar refractivity (Wildman–Crippen MR) is 86.4 cm³/mol. The van der Waals surface area contributed by atoms with Crippen LogP contribution in [0.15, 0.2) is 28.7 Å². The maximum absolute atomic E-state index is 12.5. The van der Waals surface area contributed by atoms with E-state index < -0.39 is 5.41 Å². The molecular formula is C16H19BrN2O3. The van der Waals surface area contributed by atoms with Crippen LogP contribution in [0.4, 0.5) is 5.69 Å². The van der Waals surface area contributed by atoms with Gasteiger partial charge in [-0.15, -0.1) is 0 Å². The summed E-state index contributed by atoms with van der Waals surface area (Å²) in [5, 5.41) is 5.72. The van der Waals surface area contributed by atoms with E-state index in [1.165, 1.54) is 0 Å². The summed E-state index contributed by atoms with van der Waals surface area (Å²) >= 11 is 3.39. The molecular weight excluding hydrogens is 348 g/mol. The zero-order valence-corrected chi connectivity index (χ0v) is 13.8. The van der Waals surface area contributed by atoms with E-state index in [9.17, 15) is 9.59 Å². The minimum atomic E-state index is -0.909. The van der Waals surface area contributed by atoms with Crippen molar-refractivity contribution in [2.75, 3.05) is 18.5 Å². The molecule has 1 unspecified atom stereocenters. The molecule has 5 nitrogen and oxygen atoms in total. The molecule has 0 aromatic heterocycles. The van der Waals surface area contributed by atoms with Gasteiger partial charge in [0.2, 0.25) is 11.8 Å². The van der Waals surface area contributed by atoms with Gasteiger partial charge in [0.1, 0.15) is 5.41 Å². The van der Waals surface area contributed by atoms with Gasteiger partial charge in [-0.2, -0.15) is 0 Å². The van der Waals surface area contributed by atoms with Crippen molar-refractivity contribution in [1.82, 2.24) is 5.32 Å². The highest BCUT2D eigenvalue weighted by molar-refractivity contribution is 9.10. The molecule has 1 saturated heterocycles. The normalized spacial score (nSPS) is 22.1. The largest absolute Gasteiger partial charge is 0.376 e. The van der Waals surface area contributed by atoms with Gasteiger partial charge in [-0.3, -0.25) is 9.59 Å². The number of carbonyl (C=O) groups excluding carboxylic acids is 2. The molecule has 22 heavy (non-hydrogen) atoms. The van der Waals surface area contributed by atoms with Crippen molar-refractivity contribution in [3.63, 3.8) is 0 Å². The molecule has 0 spiro atoms.